The fourth-order valence-electron chi connectivity index (χ4n) is 1.73. The van der Waals surface area contributed by atoms with Crippen molar-refractivity contribution in [2.75, 3.05) is 13.7 Å². The summed E-state index contributed by atoms with van der Waals surface area (Å²) in [5, 5.41) is 15.0. The molecule has 0 saturated carbocycles. The largest absolute Gasteiger partial charge is 0.497 e. The zero-order chi connectivity index (χ0) is 15.2. The SMILES string of the molecule is COc1ccc(C(O)CNC(=O)c2csc(CN)n2)cc1.Cl. The Labute approximate surface area is 138 Å². The molecule has 0 aliphatic rings. The minimum atomic E-state index is -0.785. The van der Waals surface area contributed by atoms with Crippen LogP contribution in [0, 0.1) is 0 Å². The van der Waals surface area contributed by atoms with Gasteiger partial charge in [-0.2, -0.15) is 0 Å². The van der Waals surface area contributed by atoms with Gasteiger partial charge in [-0.1, -0.05) is 12.1 Å². The quantitative estimate of drug-likeness (QED) is 0.738. The van der Waals surface area contributed by atoms with Crippen LogP contribution in [-0.2, 0) is 6.54 Å². The Hall–Kier alpha value is -1.67. The van der Waals surface area contributed by atoms with Gasteiger partial charge >= 0.3 is 0 Å². The molecule has 1 aromatic carbocycles. The normalized spacial score (nSPS) is 11.4. The van der Waals surface area contributed by atoms with Crippen LogP contribution >= 0.6 is 23.7 Å². The number of aliphatic hydroxyl groups excluding tert-OH is 1. The number of benzene rings is 1. The highest BCUT2D eigenvalue weighted by Gasteiger charge is 2.13. The van der Waals surface area contributed by atoms with Gasteiger partial charge in [0.05, 0.1) is 13.2 Å². The first-order chi connectivity index (χ1) is 10.1. The van der Waals surface area contributed by atoms with Crippen LogP contribution in [0.25, 0.3) is 0 Å². The lowest BCUT2D eigenvalue weighted by atomic mass is 10.1. The van der Waals surface area contributed by atoms with Crippen LogP contribution in [-0.4, -0.2) is 29.7 Å². The maximum absolute atomic E-state index is 11.9. The summed E-state index contributed by atoms with van der Waals surface area (Å²) in [6.45, 7) is 0.424. The molecule has 1 unspecified atom stereocenters. The second-order valence-corrected chi connectivity index (χ2v) is 5.27. The van der Waals surface area contributed by atoms with Gasteiger partial charge in [-0.25, -0.2) is 4.98 Å². The third-order valence-electron chi connectivity index (χ3n) is 2.92. The van der Waals surface area contributed by atoms with E-state index in [1.54, 1.807) is 36.8 Å². The van der Waals surface area contributed by atoms with Crippen molar-refractivity contribution in [2.45, 2.75) is 12.6 Å². The number of halogens is 1. The van der Waals surface area contributed by atoms with E-state index in [9.17, 15) is 9.90 Å². The number of carbonyl (C=O) groups is 1. The Balaban J connectivity index is 0.00000242. The summed E-state index contributed by atoms with van der Waals surface area (Å²) < 4.78 is 5.05. The summed E-state index contributed by atoms with van der Waals surface area (Å²) >= 11 is 1.34. The second-order valence-electron chi connectivity index (χ2n) is 4.33. The fourth-order valence-corrected chi connectivity index (χ4v) is 2.39. The van der Waals surface area contributed by atoms with Crippen molar-refractivity contribution in [2.24, 2.45) is 5.73 Å². The van der Waals surface area contributed by atoms with Gasteiger partial charge in [-0.3, -0.25) is 4.79 Å². The average Bonchev–Trinajstić information content (AvgIpc) is 3.01. The maximum atomic E-state index is 11.9. The van der Waals surface area contributed by atoms with Crippen molar-refractivity contribution in [1.82, 2.24) is 10.3 Å². The molecule has 0 fully saturated rings. The fraction of sp³-hybridized carbons (Fsp3) is 0.286. The number of nitrogens with one attached hydrogen (secondary N) is 1. The Morgan fingerprint density at radius 3 is 2.68 bits per heavy atom. The van der Waals surface area contributed by atoms with Gasteiger partial charge in [0.1, 0.15) is 16.5 Å². The lowest BCUT2D eigenvalue weighted by molar-refractivity contribution is 0.0912. The van der Waals surface area contributed by atoms with Crippen molar-refractivity contribution < 1.29 is 14.6 Å². The highest BCUT2D eigenvalue weighted by Crippen LogP contribution is 2.17. The van der Waals surface area contributed by atoms with Gasteiger partial charge in [0, 0.05) is 18.5 Å². The van der Waals surface area contributed by atoms with Gasteiger partial charge in [0.2, 0.25) is 0 Å². The van der Waals surface area contributed by atoms with E-state index >= 15 is 0 Å². The van der Waals surface area contributed by atoms with Crippen molar-refractivity contribution in [3.8, 4) is 5.75 Å². The number of hydrogen-bond acceptors (Lipinski definition) is 6. The number of ether oxygens (including phenoxy) is 1. The summed E-state index contributed by atoms with van der Waals surface area (Å²) in [5.74, 6) is 0.394. The number of carbonyl (C=O) groups excluding carboxylic acids is 1. The highest BCUT2D eigenvalue weighted by atomic mass is 35.5. The molecule has 0 bridgehead atoms. The molecule has 1 heterocycles. The van der Waals surface area contributed by atoms with E-state index in [4.69, 9.17) is 10.5 Å². The molecule has 0 radical (unpaired) electrons. The Bertz CT molecular complexity index is 604. The van der Waals surface area contributed by atoms with E-state index in [1.165, 1.54) is 11.3 Å². The molecule has 0 aliphatic heterocycles. The van der Waals surface area contributed by atoms with Crippen LogP contribution < -0.4 is 15.8 Å². The highest BCUT2D eigenvalue weighted by molar-refractivity contribution is 7.09. The van der Waals surface area contributed by atoms with E-state index in [0.717, 1.165) is 0 Å². The van der Waals surface area contributed by atoms with E-state index < -0.39 is 6.10 Å². The van der Waals surface area contributed by atoms with Crippen molar-refractivity contribution in [1.29, 1.82) is 0 Å². The monoisotopic (exact) mass is 343 g/mol. The van der Waals surface area contributed by atoms with Crippen LogP contribution in [0.1, 0.15) is 27.2 Å². The molecule has 2 rings (SSSR count). The number of thiazole rings is 1. The van der Waals surface area contributed by atoms with Gasteiger partial charge in [-0.05, 0) is 17.7 Å². The molecule has 1 aromatic heterocycles. The summed E-state index contributed by atoms with van der Waals surface area (Å²) in [6.07, 6.45) is -0.785. The summed E-state index contributed by atoms with van der Waals surface area (Å²) in [7, 11) is 1.58. The van der Waals surface area contributed by atoms with Gasteiger partial charge in [-0.15, -0.1) is 23.7 Å². The Morgan fingerprint density at radius 1 is 1.45 bits per heavy atom. The number of nitrogens with two attached hydrogens (primary N) is 1. The molecule has 120 valence electrons. The lowest BCUT2D eigenvalue weighted by Crippen LogP contribution is -2.28. The molecule has 22 heavy (non-hydrogen) atoms. The minimum Gasteiger partial charge on any atom is -0.497 e. The zero-order valence-electron chi connectivity index (χ0n) is 12.0. The maximum Gasteiger partial charge on any atom is 0.270 e. The standard InChI is InChI=1S/C14H17N3O3S.ClH/c1-20-10-4-2-9(3-5-10)12(18)7-16-14(19)11-8-21-13(6-15)17-11;/h2-5,8,12,18H,6-7,15H2,1H3,(H,16,19);1H. The molecule has 4 N–H and O–H groups in total. The summed E-state index contributed by atoms with van der Waals surface area (Å²) in [5.41, 5.74) is 6.48. The topological polar surface area (TPSA) is 97.5 Å². The number of hydrogen-bond donors (Lipinski definition) is 3. The molecule has 1 atom stereocenters. The van der Waals surface area contributed by atoms with Crippen LogP contribution in [0.2, 0.25) is 0 Å². The smallest absolute Gasteiger partial charge is 0.270 e. The van der Waals surface area contributed by atoms with Crippen LogP contribution in [0.3, 0.4) is 0 Å². The van der Waals surface area contributed by atoms with Crippen LogP contribution in [0.15, 0.2) is 29.6 Å². The third kappa shape index (κ3) is 4.67. The number of amides is 1. The molecule has 0 aliphatic carbocycles. The molecule has 0 saturated heterocycles. The number of methoxy groups -OCH3 is 1. The number of rotatable bonds is 6. The average molecular weight is 344 g/mol. The van der Waals surface area contributed by atoms with E-state index in [2.05, 4.69) is 10.3 Å². The molecule has 6 nitrogen and oxygen atoms in total. The lowest BCUT2D eigenvalue weighted by Gasteiger charge is -2.12. The Morgan fingerprint density at radius 2 is 2.14 bits per heavy atom. The van der Waals surface area contributed by atoms with Crippen molar-refractivity contribution in [3.05, 3.63) is 45.9 Å². The van der Waals surface area contributed by atoms with Gasteiger partial charge < -0.3 is 20.9 Å². The van der Waals surface area contributed by atoms with Gasteiger partial charge in [0.15, 0.2) is 0 Å². The number of aromatic nitrogens is 1. The first kappa shape index (κ1) is 18.4. The van der Waals surface area contributed by atoms with Gasteiger partial charge in [0.25, 0.3) is 5.91 Å². The van der Waals surface area contributed by atoms with E-state index in [0.29, 0.717) is 28.6 Å². The predicted molar refractivity (Wildman–Crippen MR) is 87.5 cm³/mol. The second kappa shape index (κ2) is 8.70. The van der Waals surface area contributed by atoms with E-state index in [1.807, 2.05) is 0 Å². The predicted octanol–water partition coefficient (Wildman–Crippen LogP) is 1.50. The number of nitrogens with zero attached hydrogens (tertiary/aromatic N) is 1. The molecular weight excluding hydrogens is 326 g/mol. The Kier molecular flexibility index (Phi) is 7.26. The van der Waals surface area contributed by atoms with Crippen molar-refractivity contribution >= 4 is 29.7 Å². The molecule has 1 amide bonds. The molecule has 8 heteroatoms. The van der Waals surface area contributed by atoms with Crippen LogP contribution in [0.4, 0.5) is 0 Å². The summed E-state index contributed by atoms with van der Waals surface area (Å²) in [6, 6.07) is 7.03. The first-order valence-corrected chi connectivity index (χ1v) is 7.26. The third-order valence-corrected chi connectivity index (χ3v) is 3.79. The molecular formula is C14H18ClN3O3S. The van der Waals surface area contributed by atoms with E-state index in [-0.39, 0.29) is 24.9 Å². The first-order valence-electron chi connectivity index (χ1n) is 6.38. The zero-order valence-corrected chi connectivity index (χ0v) is 13.6. The minimum absolute atomic E-state index is 0. The van der Waals surface area contributed by atoms with Crippen LogP contribution in [0.5, 0.6) is 5.75 Å². The van der Waals surface area contributed by atoms with Crippen molar-refractivity contribution in [3.63, 3.8) is 0 Å². The molecule has 0 spiro atoms. The molecule has 2 aromatic rings. The summed E-state index contributed by atoms with van der Waals surface area (Å²) in [4.78, 5) is 16.0. The number of aliphatic hydroxyl groups is 1.